The SMILES string of the molecule is Cc1ccc(CC(=O)N[C@@H]2CCCn3cnc(-c4ccc(N(C)C)cc4)c32)cc1. The molecule has 0 unspecified atom stereocenters. The summed E-state index contributed by atoms with van der Waals surface area (Å²) in [6, 6.07) is 16.6. The highest BCUT2D eigenvalue weighted by molar-refractivity contribution is 5.79. The number of aryl methyl sites for hydroxylation is 2. The van der Waals surface area contributed by atoms with Crippen molar-refractivity contribution in [1.29, 1.82) is 0 Å². The molecule has 5 nitrogen and oxygen atoms in total. The molecule has 5 heteroatoms. The predicted molar refractivity (Wildman–Crippen MR) is 117 cm³/mol. The highest BCUT2D eigenvalue weighted by Crippen LogP contribution is 2.34. The molecule has 0 bridgehead atoms. The predicted octanol–water partition coefficient (Wildman–Crippen LogP) is 4.12. The molecule has 0 spiro atoms. The fraction of sp³-hybridized carbons (Fsp3) is 0.333. The van der Waals surface area contributed by atoms with Crippen LogP contribution in [0.4, 0.5) is 5.69 Å². The number of carbonyl (C=O) groups is 1. The van der Waals surface area contributed by atoms with Crippen LogP contribution in [0.25, 0.3) is 11.3 Å². The average Bonchev–Trinajstić information content (AvgIpc) is 3.15. The molecule has 1 aliphatic heterocycles. The van der Waals surface area contributed by atoms with E-state index in [1.165, 1.54) is 5.56 Å². The minimum absolute atomic E-state index is 0.00674. The molecular formula is C24H28N4O. The Hall–Kier alpha value is -3.08. The van der Waals surface area contributed by atoms with Crippen LogP contribution in [0.15, 0.2) is 54.9 Å². The van der Waals surface area contributed by atoms with E-state index in [-0.39, 0.29) is 11.9 Å². The van der Waals surface area contributed by atoms with E-state index < -0.39 is 0 Å². The number of hydrogen-bond donors (Lipinski definition) is 1. The Morgan fingerprint density at radius 1 is 1.14 bits per heavy atom. The zero-order valence-corrected chi connectivity index (χ0v) is 17.4. The molecule has 4 rings (SSSR count). The standard InChI is InChI=1S/C24H28N4O/c1-17-6-8-18(9-7-17)15-22(29)26-21-5-4-14-28-16-25-23(24(21)28)19-10-12-20(13-11-19)27(2)3/h6-13,16,21H,4-5,14-15H2,1-3H3,(H,26,29)/t21-/m1/s1. The largest absolute Gasteiger partial charge is 0.378 e. The molecule has 1 aliphatic rings. The van der Waals surface area contributed by atoms with Gasteiger partial charge in [0.2, 0.25) is 5.91 Å². The van der Waals surface area contributed by atoms with E-state index >= 15 is 0 Å². The number of imidazole rings is 1. The summed E-state index contributed by atoms with van der Waals surface area (Å²) in [5.41, 5.74) is 6.57. The van der Waals surface area contributed by atoms with E-state index in [9.17, 15) is 4.79 Å². The zero-order chi connectivity index (χ0) is 20.4. The Morgan fingerprint density at radius 3 is 2.55 bits per heavy atom. The van der Waals surface area contributed by atoms with Gasteiger partial charge in [-0.2, -0.15) is 0 Å². The smallest absolute Gasteiger partial charge is 0.224 e. The average molecular weight is 389 g/mol. The molecule has 2 aromatic carbocycles. The van der Waals surface area contributed by atoms with Crippen LogP contribution in [0, 0.1) is 6.92 Å². The summed E-state index contributed by atoms with van der Waals surface area (Å²) in [5.74, 6) is 0.0578. The van der Waals surface area contributed by atoms with Gasteiger partial charge in [-0.05, 0) is 37.5 Å². The van der Waals surface area contributed by atoms with Crippen molar-refractivity contribution in [2.75, 3.05) is 19.0 Å². The van der Waals surface area contributed by atoms with E-state index in [1.54, 1.807) is 0 Å². The van der Waals surface area contributed by atoms with Crippen molar-refractivity contribution in [2.45, 2.75) is 38.8 Å². The molecule has 1 atom stereocenters. The van der Waals surface area contributed by atoms with Gasteiger partial charge in [0.25, 0.3) is 0 Å². The van der Waals surface area contributed by atoms with Crippen LogP contribution in [-0.4, -0.2) is 29.6 Å². The summed E-state index contributed by atoms with van der Waals surface area (Å²) in [6.45, 7) is 3.00. The van der Waals surface area contributed by atoms with Gasteiger partial charge in [0.15, 0.2) is 0 Å². The number of nitrogens with zero attached hydrogens (tertiary/aromatic N) is 3. The molecule has 2 heterocycles. The Kier molecular flexibility index (Phi) is 5.38. The first-order chi connectivity index (χ1) is 14.0. The van der Waals surface area contributed by atoms with Crippen molar-refractivity contribution >= 4 is 11.6 Å². The zero-order valence-electron chi connectivity index (χ0n) is 17.4. The van der Waals surface area contributed by atoms with Gasteiger partial charge in [-0.15, -0.1) is 0 Å². The van der Waals surface area contributed by atoms with Gasteiger partial charge in [0, 0.05) is 31.9 Å². The van der Waals surface area contributed by atoms with Crippen LogP contribution in [0.2, 0.25) is 0 Å². The van der Waals surface area contributed by atoms with Gasteiger partial charge in [0.05, 0.1) is 30.2 Å². The monoisotopic (exact) mass is 388 g/mol. The Morgan fingerprint density at radius 2 is 1.86 bits per heavy atom. The lowest BCUT2D eigenvalue weighted by Gasteiger charge is -2.26. The molecule has 0 radical (unpaired) electrons. The quantitative estimate of drug-likeness (QED) is 0.715. The molecule has 3 aromatic rings. The van der Waals surface area contributed by atoms with Crippen molar-refractivity contribution < 1.29 is 4.79 Å². The minimum atomic E-state index is -0.00674. The number of carbonyl (C=O) groups excluding carboxylic acids is 1. The van der Waals surface area contributed by atoms with Crippen LogP contribution in [0.3, 0.4) is 0 Å². The minimum Gasteiger partial charge on any atom is -0.378 e. The number of hydrogen-bond acceptors (Lipinski definition) is 3. The van der Waals surface area contributed by atoms with Crippen LogP contribution in [0.5, 0.6) is 0 Å². The number of amides is 1. The van der Waals surface area contributed by atoms with Crippen LogP contribution >= 0.6 is 0 Å². The van der Waals surface area contributed by atoms with E-state index in [2.05, 4.69) is 46.0 Å². The number of nitrogens with one attached hydrogen (secondary N) is 1. The molecular weight excluding hydrogens is 360 g/mol. The first-order valence-electron chi connectivity index (χ1n) is 10.2. The molecule has 0 saturated carbocycles. The topological polar surface area (TPSA) is 50.2 Å². The third-order valence-corrected chi connectivity index (χ3v) is 5.58. The molecule has 150 valence electrons. The summed E-state index contributed by atoms with van der Waals surface area (Å²) in [5, 5.41) is 3.26. The normalized spacial score (nSPS) is 15.6. The fourth-order valence-corrected chi connectivity index (χ4v) is 3.95. The van der Waals surface area contributed by atoms with E-state index in [0.717, 1.165) is 47.6 Å². The maximum absolute atomic E-state index is 12.7. The van der Waals surface area contributed by atoms with Gasteiger partial charge in [0.1, 0.15) is 0 Å². The number of benzene rings is 2. The van der Waals surface area contributed by atoms with Gasteiger partial charge >= 0.3 is 0 Å². The van der Waals surface area contributed by atoms with E-state index in [1.807, 2.05) is 44.7 Å². The molecule has 1 N–H and O–H groups in total. The Balaban J connectivity index is 1.55. The number of rotatable bonds is 5. The molecule has 0 fully saturated rings. The van der Waals surface area contributed by atoms with Gasteiger partial charge < -0.3 is 14.8 Å². The maximum atomic E-state index is 12.7. The molecule has 0 saturated heterocycles. The number of aromatic nitrogens is 2. The molecule has 0 aliphatic carbocycles. The second kappa shape index (κ2) is 8.11. The van der Waals surface area contributed by atoms with Gasteiger partial charge in [-0.1, -0.05) is 42.0 Å². The van der Waals surface area contributed by atoms with E-state index in [0.29, 0.717) is 6.42 Å². The lowest BCUT2D eigenvalue weighted by atomic mass is 9.98. The molecule has 1 aromatic heterocycles. The van der Waals surface area contributed by atoms with Crippen LogP contribution < -0.4 is 10.2 Å². The summed E-state index contributed by atoms with van der Waals surface area (Å²) >= 11 is 0. The van der Waals surface area contributed by atoms with Gasteiger partial charge in [-0.25, -0.2) is 4.98 Å². The van der Waals surface area contributed by atoms with Crippen molar-refractivity contribution in [2.24, 2.45) is 0 Å². The second-order valence-electron chi connectivity index (χ2n) is 8.04. The van der Waals surface area contributed by atoms with E-state index in [4.69, 9.17) is 4.98 Å². The summed E-state index contributed by atoms with van der Waals surface area (Å²) in [4.78, 5) is 19.5. The molecule has 1 amide bonds. The van der Waals surface area contributed by atoms with Crippen molar-refractivity contribution in [1.82, 2.24) is 14.9 Å². The number of fused-ring (bicyclic) bond motifs is 1. The molecule has 29 heavy (non-hydrogen) atoms. The third-order valence-electron chi connectivity index (χ3n) is 5.58. The number of anilines is 1. The van der Waals surface area contributed by atoms with Crippen molar-refractivity contribution in [3.8, 4) is 11.3 Å². The maximum Gasteiger partial charge on any atom is 0.224 e. The van der Waals surface area contributed by atoms with Crippen LogP contribution in [-0.2, 0) is 17.8 Å². The Bertz CT molecular complexity index is 987. The summed E-state index contributed by atoms with van der Waals surface area (Å²) < 4.78 is 2.19. The second-order valence-corrected chi connectivity index (χ2v) is 8.04. The highest BCUT2D eigenvalue weighted by atomic mass is 16.1. The first kappa shape index (κ1) is 19.2. The van der Waals surface area contributed by atoms with Gasteiger partial charge in [-0.3, -0.25) is 4.79 Å². The van der Waals surface area contributed by atoms with Crippen molar-refractivity contribution in [3.63, 3.8) is 0 Å². The fourth-order valence-electron chi connectivity index (χ4n) is 3.95. The Labute approximate surface area is 172 Å². The van der Waals surface area contributed by atoms with Crippen LogP contribution in [0.1, 0.15) is 35.7 Å². The lowest BCUT2D eigenvalue weighted by Crippen LogP contribution is -2.33. The third kappa shape index (κ3) is 4.19. The summed E-state index contributed by atoms with van der Waals surface area (Å²) in [6.07, 6.45) is 4.28. The van der Waals surface area contributed by atoms with Crippen molar-refractivity contribution in [3.05, 3.63) is 71.7 Å². The lowest BCUT2D eigenvalue weighted by molar-refractivity contribution is -0.121. The highest BCUT2D eigenvalue weighted by Gasteiger charge is 2.26. The summed E-state index contributed by atoms with van der Waals surface area (Å²) in [7, 11) is 4.07. The first-order valence-corrected chi connectivity index (χ1v) is 10.2.